The number of alkyl halides is 1. The highest BCUT2D eigenvalue weighted by atomic mass is 35.5. The van der Waals surface area contributed by atoms with E-state index in [4.69, 9.17) is 23.2 Å². The van der Waals surface area contributed by atoms with Crippen LogP contribution >= 0.6 is 35.0 Å². The number of sulfonamides is 1. The maximum absolute atomic E-state index is 13.6. The van der Waals surface area contributed by atoms with Gasteiger partial charge in [-0.2, -0.15) is 17.9 Å². The summed E-state index contributed by atoms with van der Waals surface area (Å²) in [6.45, 7) is -1.38. The van der Waals surface area contributed by atoms with Gasteiger partial charge < -0.3 is 0 Å². The van der Waals surface area contributed by atoms with Gasteiger partial charge in [-0.05, 0) is 24.5 Å². The van der Waals surface area contributed by atoms with Crippen molar-refractivity contribution < 1.29 is 12.8 Å². The molecule has 12 heteroatoms. The summed E-state index contributed by atoms with van der Waals surface area (Å²) < 4.78 is 41.0. The third kappa shape index (κ3) is 3.14. The fourth-order valence-corrected chi connectivity index (χ4v) is 4.43. The lowest BCUT2D eigenvalue weighted by Crippen LogP contribution is -2.31. The summed E-state index contributed by atoms with van der Waals surface area (Å²) in [6, 6.07) is 5.99. The number of rotatable bonds is 5. The lowest BCUT2D eigenvalue weighted by atomic mass is 10.3. The number of halogens is 3. The highest BCUT2D eigenvalue weighted by Crippen LogP contribution is 2.36. The Morgan fingerprint density at radius 2 is 1.96 bits per heavy atom. The van der Waals surface area contributed by atoms with E-state index >= 15 is 0 Å². The highest BCUT2D eigenvalue weighted by Gasteiger charge is 2.32. The number of benzene rings is 1. The zero-order chi connectivity index (χ0) is 18.2. The maximum atomic E-state index is 13.6. The van der Waals surface area contributed by atoms with Crippen LogP contribution < -0.4 is 4.31 Å². The monoisotopic (exact) mass is 421 g/mol. The summed E-state index contributed by atoms with van der Waals surface area (Å²) in [5.74, 6) is 0.0782. The van der Waals surface area contributed by atoms with Gasteiger partial charge in [-0.25, -0.2) is 13.7 Å². The van der Waals surface area contributed by atoms with Crippen LogP contribution in [0, 0.1) is 0 Å². The fraction of sp³-hybridized carbons (Fsp3) is 0.154. The van der Waals surface area contributed by atoms with E-state index in [1.807, 2.05) is 0 Å². The smallest absolute Gasteiger partial charge is 0.231 e. The average Bonchev–Trinajstić information content (AvgIpc) is 3.03. The number of nitrogens with zero attached hydrogens (tertiary/aromatic N) is 5. The Kier molecular flexibility index (Phi) is 5.05. The summed E-state index contributed by atoms with van der Waals surface area (Å²) in [5, 5.41) is 3.95. The molecule has 0 amide bonds. The minimum Gasteiger partial charge on any atom is -0.231 e. The van der Waals surface area contributed by atoms with Gasteiger partial charge in [0.15, 0.2) is 6.80 Å². The van der Waals surface area contributed by atoms with E-state index in [0.29, 0.717) is 9.33 Å². The van der Waals surface area contributed by atoms with Crippen molar-refractivity contribution in [1.82, 2.24) is 19.6 Å². The molecule has 132 valence electrons. The summed E-state index contributed by atoms with van der Waals surface area (Å²) in [6.07, 6.45) is 3.27. The SMILES string of the molecule is CSc1ccnc2nc(S(=O)(=O)N(CF)c3c(Cl)cccc3Cl)nn12. The van der Waals surface area contributed by atoms with Crippen LogP contribution in [0.5, 0.6) is 0 Å². The number of aromatic nitrogens is 4. The lowest BCUT2D eigenvalue weighted by Gasteiger charge is -2.21. The number of hydrogen-bond donors (Lipinski definition) is 0. The zero-order valence-electron chi connectivity index (χ0n) is 12.6. The van der Waals surface area contributed by atoms with Crippen LogP contribution in [-0.4, -0.2) is 41.1 Å². The third-order valence-electron chi connectivity index (χ3n) is 3.21. The Labute approximate surface area is 156 Å². The molecule has 0 radical (unpaired) electrons. The van der Waals surface area contributed by atoms with Gasteiger partial charge in [-0.1, -0.05) is 29.3 Å². The van der Waals surface area contributed by atoms with Crippen molar-refractivity contribution in [3.05, 3.63) is 40.5 Å². The molecule has 0 aliphatic rings. The van der Waals surface area contributed by atoms with E-state index < -0.39 is 22.0 Å². The lowest BCUT2D eigenvalue weighted by molar-refractivity contribution is 0.496. The highest BCUT2D eigenvalue weighted by molar-refractivity contribution is 7.98. The van der Waals surface area contributed by atoms with Gasteiger partial charge in [-0.15, -0.1) is 16.9 Å². The van der Waals surface area contributed by atoms with Crippen molar-refractivity contribution in [1.29, 1.82) is 0 Å². The van der Waals surface area contributed by atoms with Crippen molar-refractivity contribution in [2.45, 2.75) is 10.2 Å². The van der Waals surface area contributed by atoms with Crippen molar-refractivity contribution >= 4 is 56.5 Å². The van der Waals surface area contributed by atoms with Crippen LogP contribution in [0.25, 0.3) is 5.78 Å². The van der Waals surface area contributed by atoms with Gasteiger partial charge in [0.1, 0.15) is 5.03 Å². The quantitative estimate of drug-likeness (QED) is 0.357. The van der Waals surface area contributed by atoms with Crippen LogP contribution in [0.4, 0.5) is 10.1 Å². The first-order valence-electron chi connectivity index (χ1n) is 6.68. The Balaban J connectivity index is 2.18. The topological polar surface area (TPSA) is 80.5 Å². The van der Waals surface area contributed by atoms with Crippen LogP contribution in [0.1, 0.15) is 0 Å². The summed E-state index contributed by atoms with van der Waals surface area (Å²) >= 11 is 13.3. The first-order valence-corrected chi connectivity index (χ1v) is 10.1. The second-order valence-corrected chi connectivity index (χ2v) is 8.03. The van der Waals surface area contributed by atoms with Crippen LogP contribution in [0.15, 0.2) is 40.6 Å². The predicted octanol–water partition coefficient (Wildman–Crippen LogP) is 3.28. The predicted molar refractivity (Wildman–Crippen MR) is 94.7 cm³/mol. The number of thioether (sulfide) groups is 1. The van der Waals surface area contributed by atoms with Gasteiger partial charge in [0, 0.05) is 6.20 Å². The number of hydrogen-bond acceptors (Lipinski definition) is 6. The molecule has 1 aromatic carbocycles. The molecule has 7 nitrogen and oxygen atoms in total. The van der Waals surface area contributed by atoms with Gasteiger partial charge in [-0.3, -0.25) is 0 Å². The van der Waals surface area contributed by atoms with Crippen LogP contribution in [-0.2, 0) is 10.0 Å². The Morgan fingerprint density at radius 3 is 2.56 bits per heavy atom. The minimum absolute atomic E-state index is 0.0135. The first-order chi connectivity index (χ1) is 11.9. The molecule has 2 heterocycles. The second kappa shape index (κ2) is 6.94. The van der Waals surface area contributed by atoms with E-state index in [2.05, 4.69) is 15.1 Å². The largest absolute Gasteiger partial charge is 0.304 e. The maximum Gasteiger partial charge on any atom is 0.304 e. The summed E-state index contributed by atoms with van der Waals surface area (Å²) in [5.41, 5.74) is -0.176. The number of para-hydroxylation sites is 1. The molecule has 3 rings (SSSR count). The molecule has 0 saturated carbocycles. The van der Waals surface area contributed by atoms with E-state index in [1.54, 1.807) is 12.3 Å². The van der Waals surface area contributed by atoms with Crippen molar-refractivity contribution in [3.8, 4) is 0 Å². The molecular weight excluding hydrogens is 412 g/mol. The number of fused-ring (bicyclic) bond motifs is 1. The first kappa shape index (κ1) is 18.2. The molecule has 25 heavy (non-hydrogen) atoms. The summed E-state index contributed by atoms with van der Waals surface area (Å²) in [7, 11) is -4.44. The van der Waals surface area contributed by atoms with Crippen molar-refractivity contribution in [3.63, 3.8) is 0 Å². The third-order valence-corrected chi connectivity index (χ3v) is 6.04. The van der Waals surface area contributed by atoms with Gasteiger partial charge in [0.2, 0.25) is 0 Å². The molecule has 0 saturated heterocycles. The standard InChI is InChI=1S/C13H10Cl2FN5O2S2/c1-24-10-5-6-17-12-18-13(19-21(10)12)25(22,23)20(7-16)11-8(14)3-2-4-9(11)15/h2-6H,7H2,1H3. The molecule has 0 aliphatic carbocycles. The molecule has 3 aromatic rings. The van der Waals surface area contributed by atoms with E-state index in [9.17, 15) is 12.8 Å². The minimum atomic E-state index is -4.44. The molecule has 0 fully saturated rings. The molecule has 0 N–H and O–H groups in total. The van der Waals surface area contributed by atoms with Gasteiger partial charge in [0.05, 0.1) is 15.7 Å². The van der Waals surface area contributed by atoms with E-state index in [0.717, 1.165) is 0 Å². The number of anilines is 1. The fourth-order valence-electron chi connectivity index (χ4n) is 2.09. The zero-order valence-corrected chi connectivity index (χ0v) is 15.7. The van der Waals surface area contributed by atoms with Gasteiger partial charge in [0.25, 0.3) is 10.9 Å². The van der Waals surface area contributed by atoms with E-state index in [1.165, 1.54) is 40.7 Å². The Morgan fingerprint density at radius 1 is 1.28 bits per heavy atom. The van der Waals surface area contributed by atoms with Crippen molar-refractivity contribution in [2.24, 2.45) is 0 Å². The average molecular weight is 422 g/mol. The molecule has 2 aromatic heterocycles. The Bertz CT molecular complexity index is 1020. The molecular formula is C13H10Cl2FN5O2S2. The normalized spacial score (nSPS) is 11.8. The van der Waals surface area contributed by atoms with Crippen molar-refractivity contribution in [2.75, 3.05) is 17.4 Å². The molecule has 0 spiro atoms. The second-order valence-electron chi connectivity index (χ2n) is 4.64. The molecule has 0 atom stereocenters. The van der Waals surface area contributed by atoms with Crippen LogP contribution in [0.2, 0.25) is 10.0 Å². The molecule has 0 aliphatic heterocycles. The Hall–Kier alpha value is -1.62. The van der Waals surface area contributed by atoms with Gasteiger partial charge >= 0.3 is 10.0 Å². The van der Waals surface area contributed by atoms with Crippen LogP contribution in [0.3, 0.4) is 0 Å². The molecule has 0 unspecified atom stereocenters. The van der Waals surface area contributed by atoms with E-state index in [-0.39, 0.29) is 21.5 Å². The summed E-state index contributed by atoms with van der Waals surface area (Å²) in [4.78, 5) is 7.86. The molecule has 0 bridgehead atoms.